The molecular formula is C12H19N3. The van der Waals surface area contributed by atoms with Crippen molar-refractivity contribution in [3.63, 3.8) is 0 Å². The maximum Gasteiger partial charge on any atom is 0.120 e. The molecule has 0 aliphatic heterocycles. The molecule has 0 fully saturated rings. The van der Waals surface area contributed by atoms with Gasteiger partial charge >= 0.3 is 0 Å². The van der Waals surface area contributed by atoms with Crippen molar-refractivity contribution in [3.8, 4) is 6.07 Å². The summed E-state index contributed by atoms with van der Waals surface area (Å²) in [7, 11) is 1.90. The first-order valence-electron chi connectivity index (χ1n) is 5.43. The third-order valence-corrected chi connectivity index (χ3v) is 2.69. The van der Waals surface area contributed by atoms with E-state index in [4.69, 9.17) is 5.26 Å². The summed E-state index contributed by atoms with van der Waals surface area (Å²) in [4.78, 5) is 0. The van der Waals surface area contributed by atoms with Crippen molar-refractivity contribution < 1.29 is 0 Å². The maximum atomic E-state index is 8.79. The monoisotopic (exact) mass is 205 g/mol. The van der Waals surface area contributed by atoms with Gasteiger partial charge in [0, 0.05) is 19.8 Å². The second-order valence-corrected chi connectivity index (χ2v) is 4.10. The molecule has 0 saturated carbocycles. The molecule has 1 heterocycles. The molecule has 0 aromatic carbocycles. The van der Waals surface area contributed by atoms with E-state index >= 15 is 0 Å². The molecule has 1 aromatic rings. The number of hydrogen-bond donors (Lipinski definition) is 1. The third-order valence-electron chi connectivity index (χ3n) is 2.69. The van der Waals surface area contributed by atoms with Crippen molar-refractivity contribution in [2.24, 2.45) is 13.0 Å². The summed E-state index contributed by atoms with van der Waals surface area (Å²) >= 11 is 0. The van der Waals surface area contributed by atoms with Gasteiger partial charge in [-0.25, -0.2) is 0 Å². The first kappa shape index (κ1) is 11.8. The summed E-state index contributed by atoms with van der Waals surface area (Å²) in [5, 5.41) is 12.2. The fourth-order valence-electron chi connectivity index (χ4n) is 1.45. The summed E-state index contributed by atoms with van der Waals surface area (Å²) in [5.74, 6) is 0.712. The maximum absolute atomic E-state index is 8.79. The van der Waals surface area contributed by atoms with Crippen LogP contribution in [-0.4, -0.2) is 11.1 Å². The van der Waals surface area contributed by atoms with E-state index in [0.717, 1.165) is 18.8 Å². The van der Waals surface area contributed by atoms with Crippen LogP contribution in [0.2, 0.25) is 0 Å². The lowest BCUT2D eigenvalue weighted by Gasteiger charge is -2.08. The van der Waals surface area contributed by atoms with Gasteiger partial charge in [-0.2, -0.15) is 5.26 Å². The summed E-state index contributed by atoms with van der Waals surface area (Å²) in [6, 6.07) is 4.10. The van der Waals surface area contributed by atoms with Gasteiger partial charge in [0.05, 0.1) is 0 Å². The summed E-state index contributed by atoms with van der Waals surface area (Å²) in [5.41, 5.74) is 1.90. The van der Waals surface area contributed by atoms with E-state index in [9.17, 15) is 0 Å². The highest BCUT2D eigenvalue weighted by Gasteiger charge is 2.02. The molecule has 15 heavy (non-hydrogen) atoms. The van der Waals surface area contributed by atoms with Crippen molar-refractivity contribution in [1.82, 2.24) is 9.88 Å². The quantitative estimate of drug-likeness (QED) is 0.799. The highest BCUT2D eigenvalue weighted by molar-refractivity contribution is 5.28. The zero-order valence-electron chi connectivity index (χ0n) is 9.75. The zero-order valence-corrected chi connectivity index (χ0v) is 9.75. The molecule has 1 N–H and O–H groups in total. The number of nitrogens with one attached hydrogen (secondary N) is 1. The highest BCUT2D eigenvalue weighted by Crippen LogP contribution is 2.06. The minimum absolute atomic E-state index is 0.712. The molecule has 1 rings (SSSR count). The van der Waals surface area contributed by atoms with Crippen LogP contribution in [0.25, 0.3) is 0 Å². The molecule has 82 valence electrons. The predicted molar refractivity (Wildman–Crippen MR) is 61.3 cm³/mol. The molecule has 3 heteroatoms. The Morgan fingerprint density at radius 1 is 1.60 bits per heavy atom. The van der Waals surface area contributed by atoms with Gasteiger partial charge < -0.3 is 9.88 Å². The van der Waals surface area contributed by atoms with Crippen molar-refractivity contribution in [3.05, 3.63) is 23.5 Å². The van der Waals surface area contributed by atoms with E-state index in [1.54, 1.807) is 0 Å². The smallest absolute Gasteiger partial charge is 0.120 e. The third kappa shape index (κ3) is 3.41. The second-order valence-electron chi connectivity index (χ2n) is 4.10. The first-order valence-corrected chi connectivity index (χ1v) is 5.43. The van der Waals surface area contributed by atoms with E-state index < -0.39 is 0 Å². The van der Waals surface area contributed by atoms with Crippen molar-refractivity contribution >= 4 is 0 Å². The molecule has 0 saturated heterocycles. The first-order chi connectivity index (χ1) is 7.17. The van der Waals surface area contributed by atoms with E-state index in [1.807, 2.05) is 23.9 Å². The van der Waals surface area contributed by atoms with E-state index in [0.29, 0.717) is 5.92 Å². The number of nitrogens with zero attached hydrogens (tertiary/aromatic N) is 2. The molecule has 1 aromatic heterocycles. The van der Waals surface area contributed by atoms with Crippen LogP contribution in [0.4, 0.5) is 0 Å². The molecule has 0 radical (unpaired) electrons. The van der Waals surface area contributed by atoms with Crippen LogP contribution in [0.3, 0.4) is 0 Å². The number of rotatable bonds is 5. The van der Waals surface area contributed by atoms with Crippen LogP contribution < -0.4 is 5.32 Å². The molecular weight excluding hydrogens is 186 g/mol. The Morgan fingerprint density at radius 2 is 2.33 bits per heavy atom. The van der Waals surface area contributed by atoms with Crippen LogP contribution in [0.1, 0.15) is 31.5 Å². The molecule has 0 amide bonds. The predicted octanol–water partition coefficient (Wildman–Crippen LogP) is 2.03. The normalized spacial score (nSPS) is 12.4. The number of nitriles is 1. The molecule has 3 nitrogen and oxygen atoms in total. The molecule has 0 aliphatic rings. The number of aromatic nitrogens is 1. The lowest BCUT2D eigenvalue weighted by Crippen LogP contribution is -2.19. The standard InChI is InChI=1S/C12H19N3/c1-4-10(2)7-14-8-11-5-12(6-13)15(3)9-11/h5,9-10,14H,4,7-8H2,1-3H3. The van der Waals surface area contributed by atoms with Gasteiger partial charge in [-0.05, 0) is 24.1 Å². The van der Waals surface area contributed by atoms with Gasteiger partial charge in [0.25, 0.3) is 0 Å². The van der Waals surface area contributed by atoms with E-state index in [2.05, 4.69) is 25.2 Å². The van der Waals surface area contributed by atoms with Gasteiger partial charge in [-0.1, -0.05) is 20.3 Å². The van der Waals surface area contributed by atoms with Gasteiger partial charge in [0.2, 0.25) is 0 Å². The van der Waals surface area contributed by atoms with Crippen LogP contribution in [0.15, 0.2) is 12.3 Å². The van der Waals surface area contributed by atoms with Gasteiger partial charge in [0.1, 0.15) is 11.8 Å². The lowest BCUT2D eigenvalue weighted by molar-refractivity contribution is 0.500. The Hall–Kier alpha value is -1.27. The fraction of sp³-hybridized carbons (Fsp3) is 0.583. The molecule has 1 unspecified atom stereocenters. The SMILES string of the molecule is CCC(C)CNCc1cc(C#N)n(C)c1. The van der Waals surface area contributed by atoms with E-state index in [1.165, 1.54) is 12.0 Å². The molecule has 1 atom stereocenters. The Kier molecular flexibility index (Phi) is 4.38. The van der Waals surface area contributed by atoms with Crippen LogP contribution in [0.5, 0.6) is 0 Å². The van der Waals surface area contributed by atoms with E-state index in [-0.39, 0.29) is 0 Å². The number of hydrogen-bond acceptors (Lipinski definition) is 2. The van der Waals surface area contributed by atoms with Crippen LogP contribution in [-0.2, 0) is 13.6 Å². The average molecular weight is 205 g/mol. The molecule has 0 aliphatic carbocycles. The highest BCUT2D eigenvalue weighted by atomic mass is 14.9. The van der Waals surface area contributed by atoms with Crippen LogP contribution >= 0.6 is 0 Å². The number of aryl methyl sites for hydroxylation is 1. The summed E-state index contributed by atoms with van der Waals surface area (Å²) in [6.45, 7) is 6.31. The minimum Gasteiger partial charge on any atom is -0.342 e. The summed E-state index contributed by atoms with van der Waals surface area (Å²) in [6.07, 6.45) is 3.20. The largest absolute Gasteiger partial charge is 0.342 e. The van der Waals surface area contributed by atoms with Gasteiger partial charge in [0.15, 0.2) is 0 Å². The van der Waals surface area contributed by atoms with Crippen molar-refractivity contribution in [1.29, 1.82) is 5.26 Å². The van der Waals surface area contributed by atoms with Crippen LogP contribution in [0, 0.1) is 17.2 Å². The Labute approximate surface area is 91.7 Å². The lowest BCUT2D eigenvalue weighted by atomic mass is 10.1. The Balaban J connectivity index is 2.42. The summed E-state index contributed by atoms with van der Waals surface area (Å²) < 4.78 is 1.86. The Morgan fingerprint density at radius 3 is 2.87 bits per heavy atom. The zero-order chi connectivity index (χ0) is 11.3. The van der Waals surface area contributed by atoms with Crippen molar-refractivity contribution in [2.45, 2.75) is 26.8 Å². The average Bonchev–Trinajstić information content (AvgIpc) is 2.58. The van der Waals surface area contributed by atoms with Gasteiger partial charge in [-0.15, -0.1) is 0 Å². The fourth-order valence-corrected chi connectivity index (χ4v) is 1.45. The van der Waals surface area contributed by atoms with Crippen molar-refractivity contribution in [2.75, 3.05) is 6.54 Å². The molecule has 0 spiro atoms. The second kappa shape index (κ2) is 5.57. The topological polar surface area (TPSA) is 40.8 Å². The Bertz CT molecular complexity index is 346. The molecule has 0 bridgehead atoms. The van der Waals surface area contributed by atoms with Gasteiger partial charge in [-0.3, -0.25) is 0 Å². The minimum atomic E-state index is 0.712.